The van der Waals surface area contributed by atoms with Gasteiger partial charge in [-0.15, -0.1) is 0 Å². The van der Waals surface area contributed by atoms with Gasteiger partial charge < -0.3 is 4.90 Å². The topological polar surface area (TPSA) is 95.1 Å². The van der Waals surface area contributed by atoms with Crippen LogP contribution in [0.1, 0.15) is 16.7 Å². The van der Waals surface area contributed by atoms with Crippen LogP contribution in [0.25, 0.3) is 0 Å². The van der Waals surface area contributed by atoms with Crippen LogP contribution in [0.5, 0.6) is 0 Å². The molecule has 202 valence electrons. The number of hydrogen-bond donors (Lipinski definition) is 0. The second kappa shape index (κ2) is 11.1. The first kappa shape index (κ1) is 28.1. The number of benzene rings is 3. The normalized spacial score (nSPS) is 14.9. The molecule has 3 aromatic rings. The number of carbonyl (C=O) groups excluding carboxylic acids is 1. The lowest BCUT2D eigenvalue weighted by Gasteiger charge is -2.35. The number of rotatable bonds is 7. The third-order valence-electron chi connectivity index (χ3n) is 6.57. The summed E-state index contributed by atoms with van der Waals surface area (Å²) in [6, 6.07) is 17.9. The molecule has 3 aromatic carbocycles. The van der Waals surface area contributed by atoms with Gasteiger partial charge in [0.15, 0.2) is 0 Å². The van der Waals surface area contributed by atoms with Gasteiger partial charge in [0.05, 0.1) is 15.5 Å². The number of anilines is 1. The predicted octanol–water partition coefficient (Wildman–Crippen LogP) is 3.99. The van der Waals surface area contributed by atoms with E-state index in [0.717, 1.165) is 15.4 Å². The zero-order valence-corrected chi connectivity index (χ0v) is 23.9. The third-order valence-corrected chi connectivity index (χ3v) is 10.5. The molecular weight excluding hydrogens is 546 g/mol. The maximum Gasteiger partial charge on any atom is 0.264 e. The van der Waals surface area contributed by atoms with E-state index in [0.29, 0.717) is 16.3 Å². The van der Waals surface area contributed by atoms with Crippen molar-refractivity contribution in [3.8, 4) is 0 Å². The fourth-order valence-electron chi connectivity index (χ4n) is 4.30. The molecule has 0 aromatic heterocycles. The SMILES string of the molecule is Cc1ccc(S(=O)(=O)N2CCN(C(=O)CN(c3ccc(Cl)cc3C)S(=O)(=O)c3ccc(C)cc3)CC2)cc1. The van der Waals surface area contributed by atoms with Crippen LogP contribution in [0.3, 0.4) is 0 Å². The van der Waals surface area contributed by atoms with Crippen molar-refractivity contribution < 1.29 is 21.6 Å². The zero-order chi connectivity index (χ0) is 27.7. The van der Waals surface area contributed by atoms with E-state index in [9.17, 15) is 21.6 Å². The Bertz CT molecular complexity index is 1530. The summed E-state index contributed by atoms with van der Waals surface area (Å²) in [7, 11) is -7.77. The molecule has 38 heavy (non-hydrogen) atoms. The van der Waals surface area contributed by atoms with E-state index in [1.54, 1.807) is 61.5 Å². The molecule has 0 bridgehead atoms. The third kappa shape index (κ3) is 5.88. The number of hydrogen-bond acceptors (Lipinski definition) is 5. The first-order valence-corrected chi connectivity index (χ1v) is 15.4. The van der Waals surface area contributed by atoms with Gasteiger partial charge in [-0.1, -0.05) is 47.0 Å². The molecule has 1 saturated heterocycles. The van der Waals surface area contributed by atoms with Crippen LogP contribution in [-0.2, 0) is 24.8 Å². The van der Waals surface area contributed by atoms with Crippen molar-refractivity contribution in [3.05, 3.63) is 88.4 Å². The van der Waals surface area contributed by atoms with Gasteiger partial charge in [-0.05, 0) is 68.8 Å². The average molecular weight is 576 g/mol. The van der Waals surface area contributed by atoms with Gasteiger partial charge >= 0.3 is 0 Å². The van der Waals surface area contributed by atoms with Crippen molar-refractivity contribution in [2.45, 2.75) is 30.6 Å². The molecule has 0 spiro atoms. The molecule has 11 heteroatoms. The highest BCUT2D eigenvalue weighted by Crippen LogP contribution is 2.29. The van der Waals surface area contributed by atoms with Crippen molar-refractivity contribution in [1.82, 2.24) is 9.21 Å². The van der Waals surface area contributed by atoms with E-state index in [1.807, 2.05) is 13.8 Å². The molecule has 0 atom stereocenters. The molecule has 0 aliphatic carbocycles. The molecule has 4 rings (SSSR count). The van der Waals surface area contributed by atoms with Crippen LogP contribution in [0, 0.1) is 20.8 Å². The lowest BCUT2D eigenvalue weighted by atomic mass is 10.2. The lowest BCUT2D eigenvalue weighted by molar-refractivity contribution is -0.130. The van der Waals surface area contributed by atoms with Gasteiger partial charge in [-0.3, -0.25) is 9.10 Å². The van der Waals surface area contributed by atoms with Crippen LogP contribution < -0.4 is 4.31 Å². The monoisotopic (exact) mass is 575 g/mol. The maximum atomic E-state index is 13.7. The van der Waals surface area contributed by atoms with Crippen LogP contribution >= 0.6 is 11.6 Å². The zero-order valence-electron chi connectivity index (χ0n) is 21.5. The Morgan fingerprint density at radius 3 is 1.84 bits per heavy atom. The number of piperazine rings is 1. The molecule has 1 amide bonds. The minimum absolute atomic E-state index is 0.0688. The van der Waals surface area contributed by atoms with Crippen molar-refractivity contribution in [2.75, 3.05) is 37.0 Å². The smallest absolute Gasteiger partial charge is 0.264 e. The fraction of sp³-hybridized carbons (Fsp3) is 0.296. The summed E-state index contributed by atoms with van der Waals surface area (Å²) in [5, 5.41) is 0.455. The molecular formula is C27H30ClN3O5S2. The van der Waals surface area contributed by atoms with Gasteiger partial charge in [0.1, 0.15) is 6.54 Å². The van der Waals surface area contributed by atoms with Crippen LogP contribution in [-0.4, -0.2) is 64.7 Å². The molecule has 1 aliphatic rings. The quantitative estimate of drug-likeness (QED) is 0.424. The highest BCUT2D eigenvalue weighted by molar-refractivity contribution is 7.92. The molecule has 1 heterocycles. The van der Waals surface area contributed by atoms with Crippen molar-refractivity contribution >= 4 is 43.2 Å². The molecule has 8 nitrogen and oxygen atoms in total. The summed E-state index contributed by atoms with van der Waals surface area (Å²) in [4.78, 5) is 15.2. The van der Waals surface area contributed by atoms with Gasteiger partial charge in [0.2, 0.25) is 15.9 Å². The molecule has 1 aliphatic heterocycles. The van der Waals surface area contributed by atoms with Crippen LogP contribution in [0.15, 0.2) is 76.5 Å². The number of halogens is 1. The second-order valence-electron chi connectivity index (χ2n) is 9.35. The summed E-state index contributed by atoms with van der Waals surface area (Å²) >= 11 is 6.10. The molecule has 0 unspecified atom stereocenters. The summed E-state index contributed by atoms with van der Waals surface area (Å²) in [6.45, 7) is 5.60. The minimum Gasteiger partial charge on any atom is -0.338 e. The standard InChI is InChI=1S/C27H30ClN3O5S2/c1-20-4-9-24(10-5-20)37(33,34)30-16-14-29(15-17-30)27(32)19-31(26-13-8-23(28)18-22(26)3)38(35,36)25-11-6-21(2)7-12-25/h4-13,18H,14-17,19H2,1-3H3. The summed E-state index contributed by atoms with van der Waals surface area (Å²) in [6.07, 6.45) is 0. The summed E-state index contributed by atoms with van der Waals surface area (Å²) in [5.41, 5.74) is 2.83. The predicted molar refractivity (Wildman–Crippen MR) is 148 cm³/mol. The van der Waals surface area contributed by atoms with E-state index in [1.165, 1.54) is 21.3 Å². The molecule has 1 fully saturated rings. The van der Waals surface area contributed by atoms with Crippen LogP contribution in [0.4, 0.5) is 5.69 Å². The van der Waals surface area contributed by atoms with Crippen molar-refractivity contribution in [2.24, 2.45) is 0 Å². The highest BCUT2D eigenvalue weighted by Gasteiger charge is 2.33. The Labute approximate surface area is 229 Å². The number of amides is 1. The Balaban J connectivity index is 1.55. The van der Waals surface area contributed by atoms with Gasteiger partial charge in [0.25, 0.3) is 10.0 Å². The summed E-state index contributed by atoms with van der Waals surface area (Å²) < 4.78 is 55.9. The number of nitrogens with zero attached hydrogens (tertiary/aromatic N) is 3. The Kier molecular flexibility index (Phi) is 8.17. The van der Waals surface area contributed by atoms with Crippen LogP contribution in [0.2, 0.25) is 5.02 Å². The number of aryl methyl sites for hydroxylation is 3. The highest BCUT2D eigenvalue weighted by atomic mass is 35.5. The van der Waals surface area contributed by atoms with Crippen molar-refractivity contribution in [3.63, 3.8) is 0 Å². The fourth-order valence-corrected chi connectivity index (χ4v) is 7.42. The largest absolute Gasteiger partial charge is 0.338 e. The lowest BCUT2D eigenvalue weighted by Crippen LogP contribution is -2.53. The van der Waals surface area contributed by atoms with E-state index in [4.69, 9.17) is 11.6 Å². The molecule has 0 saturated carbocycles. The Morgan fingerprint density at radius 2 is 1.32 bits per heavy atom. The van der Waals surface area contributed by atoms with Gasteiger partial charge in [-0.2, -0.15) is 4.31 Å². The number of sulfonamides is 2. The van der Waals surface area contributed by atoms with E-state index < -0.39 is 32.5 Å². The summed E-state index contributed by atoms with van der Waals surface area (Å²) in [5.74, 6) is -0.414. The molecule has 0 radical (unpaired) electrons. The first-order chi connectivity index (χ1) is 17.9. The van der Waals surface area contributed by atoms with E-state index >= 15 is 0 Å². The Morgan fingerprint density at radius 1 is 0.789 bits per heavy atom. The van der Waals surface area contributed by atoms with Gasteiger partial charge in [-0.25, -0.2) is 16.8 Å². The minimum atomic E-state index is -4.08. The maximum absolute atomic E-state index is 13.7. The second-order valence-corrected chi connectivity index (χ2v) is 13.6. The Hall–Kier alpha value is -2.92. The number of carbonyl (C=O) groups is 1. The van der Waals surface area contributed by atoms with E-state index in [-0.39, 0.29) is 36.0 Å². The van der Waals surface area contributed by atoms with Crippen molar-refractivity contribution in [1.29, 1.82) is 0 Å². The first-order valence-electron chi connectivity index (χ1n) is 12.1. The van der Waals surface area contributed by atoms with Gasteiger partial charge in [0, 0.05) is 31.2 Å². The van der Waals surface area contributed by atoms with E-state index in [2.05, 4.69) is 0 Å². The average Bonchev–Trinajstić information content (AvgIpc) is 2.88. The molecule has 0 N–H and O–H groups in total.